The zero-order valence-electron chi connectivity index (χ0n) is 19.6. The van der Waals surface area contributed by atoms with Gasteiger partial charge in [-0.1, -0.05) is 6.92 Å². The Morgan fingerprint density at radius 1 is 1.28 bits per heavy atom. The van der Waals surface area contributed by atoms with E-state index in [9.17, 15) is 33.8 Å². The molecule has 1 aromatic carbocycles. The molecule has 1 saturated carbocycles. The smallest absolute Gasteiger partial charge is 0.353 e. The Labute approximate surface area is 209 Å². The summed E-state index contributed by atoms with van der Waals surface area (Å²) >= 11 is 1.17. The Bertz CT molecular complexity index is 1380. The summed E-state index contributed by atoms with van der Waals surface area (Å²) in [7, 11) is 0. The summed E-state index contributed by atoms with van der Waals surface area (Å²) < 4.78 is 21.0. The monoisotopic (exact) mass is 516 g/mol. The number of pyridine rings is 1. The molecule has 3 heterocycles. The first-order chi connectivity index (χ1) is 17.1. The van der Waals surface area contributed by atoms with E-state index in [4.69, 9.17) is 4.74 Å². The van der Waals surface area contributed by atoms with Crippen LogP contribution < -0.4 is 5.43 Å². The SMILES string of the molecule is C[C@@H](O)[C@H]1C(=O)N2C(C(=O)O)=C(SCCOC(=O)c3cn(C4CC4)c4ccc(F)cc4c3=O)[C@H](C)[C@H]12. The number of amides is 1. The maximum atomic E-state index is 13.8. The van der Waals surface area contributed by atoms with E-state index in [-0.39, 0.29) is 41.0 Å². The standard InChI is InChI=1S/C25H25FN2O7S/c1-11-19-18(12(2)29)23(31)28(19)20(24(32)33)22(11)36-8-7-35-25(34)16-10-27(14-4-5-14)17-6-3-13(26)9-15(17)21(16)30/h3,6,9-12,14,18-19,29H,4-5,7-8H2,1-2H3,(H,32,33)/t11-,12-,18-,19-/m1/s1. The van der Waals surface area contributed by atoms with Crippen molar-refractivity contribution in [2.75, 3.05) is 12.4 Å². The number of aliphatic carboxylic acids is 1. The highest BCUT2D eigenvalue weighted by molar-refractivity contribution is 8.03. The highest BCUT2D eigenvalue weighted by atomic mass is 32.2. The topological polar surface area (TPSA) is 126 Å². The van der Waals surface area contributed by atoms with Crippen molar-refractivity contribution >= 4 is 40.5 Å². The van der Waals surface area contributed by atoms with Crippen molar-refractivity contribution in [3.05, 3.63) is 56.6 Å². The maximum absolute atomic E-state index is 13.8. The van der Waals surface area contributed by atoms with Crippen LogP contribution in [-0.4, -0.2) is 62.0 Å². The molecule has 1 amide bonds. The van der Waals surface area contributed by atoms with E-state index >= 15 is 0 Å². The molecule has 2 N–H and O–H groups in total. The molecule has 1 aliphatic carbocycles. The highest BCUT2D eigenvalue weighted by Gasteiger charge is 2.59. The van der Waals surface area contributed by atoms with Crippen molar-refractivity contribution in [2.45, 2.75) is 44.9 Å². The number of thioether (sulfide) groups is 1. The normalized spacial score (nSPS) is 24.1. The Morgan fingerprint density at radius 3 is 2.64 bits per heavy atom. The van der Waals surface area contributed by atoms with Crippen LogP contribution in [0.25, 0.3) is 10.9 Å². The minimum Gasteiger partial charge on any atom is -0.477 e. The van der Waals surface area contributed by atoms with Crippen LogP contribution in [0.1, 0.15) is 43.1 Å². The Hall–Kier alpha value is -3.18. The third-order valence-corrected chi connectivity index (χ3v) is 8.29. The first-order valence-electron chi connectivity index (χ1n) is 11.7. The Balaban J connectivity index is 1.30. The Kier molecular flexibility index (Phi) is 6.16. The van der Waals surface area contributed by atoms with Gasteiger partial charge in [-0.05, 0) is 38.0 Å². The number of rotatable bonds is 8. The molecule has 2 aliphatic heterocycles. The lowest BCUT2D eigenvalue weighted by molar-refractivity contribution is -0.163. The molecule has 190 valence electrons. The van der Waals surface area contributed by atoms with E-state index in [0.29, 0.717) is 10.4 Å². The number of halogens is 1. The molecule has 9 nitrogen and oxygen atoms in total. The lowest BCUT2D eigenvalue weighted by atomic mass is 9.79. The number of fused-ring (bicyclic) bond motifs is 2. The number of aromatic nitrogens is 1. The van der Waals surface area contributed by atoms with Gasteiger partial charge in [0.25, 0.3) is 0 Å². The molecule has 1 saturated heterocycles. The fourth-order valence-corrected chi connectivity index (χ4v) is 6.32. The quantitative estimate of drug-likeness (QED) is 0.311. The second kappa shape index (κ2) is 9.04. The molecule has 2 fully saturated rings. The third-order valence-electron chi connectivity index (χ3n) is 7.04. The molecule has 5 rings (SSSR count). The van der Waals surface area contributed by atoms with Crippen molar-refractivity contribution in [1.82, 2.24) is 9.47 Å². The summed E-state index contributed by atoms with van der Waals surface area (Å²) in [6, 6.07) is 3.65. The van der Waals surface area contributed by atoms with Gasteiger partial charge >= 0.3 is 11.9 Å². The second-order valence-electron chi connectivity index (χ2n) is 9.43. The van der Waals surface area contributed by atoms with Gasteiger partial charge in [-0.3, -0.25) is 9.59 Å². The van der Waals surface area contributed by atoms with Gasteiger partial charge in [-0.15, -0.1) is 11.8 Å². The fraction of sp³-hybridized carbons (Fsp3) is 0.440. The number of esters is 1. The zero-order chi connectivity index (χ0) is 25.9. The molecule has 0 unspecified atom stereocenters. The number of carboxylic acid groups (broad SMARTS) is 1. The van der Waals surface area contributed by atoms with E-state index in [0.717, 1.165) is 18.9 Å². The summed E-state index contributed by atoms with van der Waals surface area (Å²) in [5.41, 5.74) is -0.325. The molecule has 36 heavy (non-hydrogen) atoms. The van der Waals surface area contributed by atoms with Crippen LogP contribution in [0.3, 0.4) is 0 Å². The predicted octanol–water partition coefficient (Wildman–Crippen LogP) is 2.52. The number of hydrogen-bond acceptors (Lipinski definition) is 7. The van der Waals surface area contributed by atoms with Crippen molar-refractivity contribution in [1.29, 1.82) is 0 Å². The van der Waals surface area contributed by atoms with Gasteiger partial charge in [0, 0.05) is 34.2 Å². The summed E-state index contributed by atoms with van der Waals surface area (Å²) in [5, 5.41) is 19.7. The molecule has 11 heteroatoms. The summed E-state index contributed by atoms with van der Waals surface area (Å²) in [4.78, 5) is 51.7. The van der Waals surface area contributed by atoms with Gasteiger partial charge < -0.3 is 24.4 Å². The van der Waals surface area contributed by atoms with Crippen LogP contribution in [0.2, 0.25) is 0 Å². The van der Waals surface area contributed by atoms with Crippen molar-refractivity contribution in [3.8, 4) is 0 Å². The van der Waals surface area contributed by atoms with Gasteiger partial charge in [0.2, 0.25) is 11.3 Å². The van der Waals surface area contributed by atoms with E-state index in [1.165, 1.54) is 41.9 Å². The number of carbonyl (C=O) groups excluding carboxylic acids is 2. The van der Waals surface area contributed by atoms with Crippen LogP contribution in [0.4, 0.5) is 4.39 Å². The van der Waals surface area contributed by atoms with Crippen molar-refractivity contribution in [3.63, 3.8) is 0 Å². The number of ether oxygens (including phenoxy) is 1. The number of nitrogens with zero attached hydrogens (tertiary/aromatic N) is 2. The average Bonchev–Trinajstić information content (AvgIpc) is 3.62. The van der Waals surface area contributed by atoms with Crippen LogP contribution >= 0.6 is 11.8 Å². The molecule has 2 aromatic rings. The Morgan fingerprint density at radius 2 is 2.00 bits per heavy atom. The molecule has 1 aromatic heterocycles. The molecule has 3 aliphatic rings. The summed E-state index contributed by atoms with van der Waals surface area (Å²) in [6.07, 6.45) is 2.37. The van der Waals surface area contributed by atoms with E-state index in [1.807, 2.05) is 4.57 Å². The number of β-lactam (4-membered cyclic amide) rings is 1. The van der Waals surface area contributed by atoms with E-state index < -0.39 is 47.2 Å². The van der Waals surface area contributed by atoms with Crippen LogP contribution in [0, 0.1) is 17.7 Å². The largest absolute Gasteiger partial charge is 0.477 e. The molecule has 0 bridgehead atoms. The van der Waals surface area contributed by atoms with Gasteiger partial charge in [0.1, 0.15) is 23.7 Å². The molecule has 0 radical (unpaired) electrons. The fourth-order valence-electron chi connectivity index (χ4n) is 5.21. The van der Waals surface area contributed by atoms with E-state index in [1.54, 1.807) is 6.92 Å². The molecular weight excluding hydrogens is 491 g/mol. The molecular formula is C25H25FN2O7S. The van der Waals surface area contributed by atoms with Crippen LogP contribution in [-0.2, 0) is 14.3 Å². The highest BCUT2D eigenvalue weighted by Crippen LogP contribution is 2.50. The maximum Gasteiger partial charge on any atom is 0.353 e. The van der Waals surface area contributed by atoms with Crippen molar-refractivity contribution in [2.24, 2.45) is 11.8 Å². The molecule has 0 spiro atoms. The minimum absolute atomic E-state index is 0.102. The van der Waals surface area contributed by atoms with Gasteiger partial charge in [-0.25, -0.2) is 14.0 Å². The van der Waals surface area contributed by atoms with Gasteiger partial charge in [0.15, 0.2) is 0 Å². The number of aliphatic hydroxyl groups excluding tert-OH is 1. The average molecular weight is 517 g/mol. The first kappa shape index (κ1) is 24.5. The number of carbonyl (C=O) groups is 3. The minimum atomic E-state index is -1.23. The van der Waals surface area contributed by atoms with Gasteiger partial charge in [0.05, 0.1) is 23.6 Å². The number of hydrogen-bond donors (Lipinski definition) is 2. The third kappa shape index (κ3) is 3.90. The van der Waals surface area contributed by atoms with Crippen molar-refractivity contribution < 1.29 is 33.7 Å². The summed E-state index contributed by atoms with van der Waals surface area (Å²) in [6.45, 7) is 3.21. The summed E-state index contributed by atoms with van der Waals surface area (Å²) in [5.74, 6) is -3.80. The number of aliphatic hydroxyl groups is 1. The van der Waals surface area contributed by atoms with Crippen LogP contribution in [0.15, 0.2) is 39.8 Å². The second-order valence-corrected chi connectivity index (χ2v) is 10.6. The lowest BCUT2D eigenvalue weighted by Crippen LogP contribution is -2.63. The first-order valence-corrected chi connectivity index (χ1v) is 12.7. The van der Waals surface area contributed by atoms with E-state index in [2.05, 4.69) is 0 Å². The molecule has 4 atom stereocenters. The van der Waals surface area contributed by atoms with Gasteiger partial charge in [-0.2, -0.15) is 0 Å². The lowest BCUT2D eigenvalue weighted by Gasteiger charge is -2.46. The van der Waals surface area contributed by atoms with Crippen LogP contribution in [0.5, 0.6) is 0 Å². The number of benzene rings is 1. The predicted molar refractivity (Wildman–Crippen MR) is 129 cm³/mol. The number of carboxylic acids is 1. The zero-order valence-corrected chi connectivity index (χ0v) is 20.5.